The molecule has 1 aromatic rings. The molecular formula is C10H15BrN2. The summed E-state index contributed by atoms with van der Waals surface area (Å²) in [5.74, 6) is 0. The van der Waals surface area contributed by atoms with Crippen molar-refractivity contribution >= 4 is 21.6 Å². The normalized spacial score (nSPS) is 11.4. The number of rotatable bonds is 3. The topological polar surface area (TPSA) is 38.0 Å². The Bertz CT molecular complexity index is 284. The number of halogens is 1. The van der Waals surface area contributed by atoms with Gasteiger partial charge >= 0.3 is 0 Å². The molecule has 3 heteroatoms. The van der Waals surface area contributed by atoms with Crippen LogP contribution >= 0.6 is 15.9 Å². The van der Waals surface area contributed by atoms with E-state index >= 15 is 0 Å². The molecule has 1 rings (SSSR count). The van der Waals surface area contributed by atoms with Crippen molar-refractivity contribution in [3.05, 3.63) is 28.7 Å². The van der Waals surface area contributed by atoms with Crippen LogP contribution in [0.1, 0.15) is 13.8 Å². The van der Waals surface area contributed by atoms with Gasteiger partial charge in [0.15, 0.2) is 0 Å². The van der Waals surface area contributed by atoms with Crippen LogP contribution in [0.2, 0.25) is 0 Å². The van der Waals surface area contributed by atoms with Gasteiger partial charge in [-0.05, 0) is 32.0 Å². The third kappa shape index (κ3) is 3.36. The molecular weight excluding hydrogens is 228 g/mol. The fraction of sp³-hybridized carbons (Fsp3) is 0.400. The first-order chi connectivity index (χ1) is 6.03. The van der Waals surface area contributed by atoms with E-state index in [9.17, 15) is 0 Å². The molecule has 2 nitrogen and oxygen atoms in total. The average Bonchev–Trinajstić information content (AvgIpc) is 2.03. The Labute approximate surface area is 87.6 Å². The van der Waals surface area contributed by atoms with Gasteiger partial charge in [-0.2, -0.15) is 0 Å². The largest absolute Gasteiger partial charge is 0.379 e. The fourth-order valence-electron chi connectivity index (χ4n) is 1.01. The summed E-state index contributed by atoms with van der Waals surface area (Å²) in [4.78, 5) is 0. The van der Waals surface area contributed by atoms with Crippen LogP contribution < -0.4 is 11.1 Å². The van der Waals surface area contributed by atoms with Crippen LogP contribution in [0.15, 0.2) is 28.7 Å². The highest BCUT2D eigenvalue weighted by atomic mass is 79.9. The number of anilines is 1. The number of hydrogen-bond donors (Lipinski definition) is 2. The van der Waals surface area contributed by atoms with Gasteiger partial charge in [0, 0.05) is 22.2 Å². The Morgan fingerprint density at radius 1 is 1.46 bits per heavy atom. The highest BCUT2D eigenvalue weighted by Gasteiger charge is 2.14. The minimum atomic E-state index is -0.0548. The molecule has 0 aliphatic rings. The van der Waals surface area contributed by atoms with Gasteiger partial charge in [-0.1, -0.05) is 22.0 Å². The fourth-order valence-corrected chi connectivity index (χ4v) is 1.41. The maximum atomic E-state index is 5.62. The number of hydrogen-bond acceptors (Lipinski definition) is 2. The van der Waals surface area contributed by atoms with Crippen molar-refractivity contribution in [2.24, 2.45) is 5.73 Å². The van der Waals surface area contributed by atoms with E-state index in [1.807, 2.05) is 24.3 Å². The smallest absolute Gasteiger partial charge is 0.0439 e. The quantitative estimate of drug-likeness (QED) is 0.856. The molecule has 0 aliphatic carbocycles. The van der Waals surface area contributed by atoms with Crippen LogP contribution in [-0.2, 0) is 0 Å². The van der Waals surface area contributed by atoms with E-state index in [0.29, 0.717) is 6.54 Å². The average molecular weight is 243 g/mol. The zero-order valence-electron chi connectivity index (χ0n) is 7.97. The standard InChI is InChI=1S/C10H15BrN2/c1-10(2,7-12)13-9-5-3-4-8(11)6-9/h3-6,13H,7,12H2,1-2H3. The first-order valence-corrected chi connectivity index (χ1v) is 5.07. The van der Waals surface area contributed by atoms with Crippen molar-refractivity contribution in [2.45, 2.75) is 19.4 Å². The zero-order chi connectivity index (χ0) is 9.90. The summed E-state index contributed by atoms with van der Waals surface area (Å²) in [5.41, 5.74) is 6.65. The molecule has 0 unspecified atom stereocenters. The monoisotopic (exact) mass is 242 g/mol. The second-order valence-electron chi connectivity index (χ2n) is 3.72. The first-order valence-electron chi connectivity index (χ1n) is 4.27. The van der Waals surface area contributed by atoms with Gasteiger partial charge in [0.25, 0.3) is 0 Å². The highest BCUT2D eigenvalue weighted by Crippen LogP contribution is 2.18. The summed E-state index contributed by atoms with van der Waals surface area (Å²) >= 11 is 3.42. The second-order valence-corrected chi connectivity index (χ2v) is 4.64. The second kappa shape index (κ2) is 4.11. The maximum Gasteiger partial charge on any atom is 0.0439 e. The molecule has 0 aromatic heterocycles. The summed E-state index contributed by atoms with van der Waals surface area (Å²) in [7, 11) is 0. The summed E-state index contributed by atoms with van der Waals surface area (Å²) in [6.45, 7) is 4.77. The molecule has 3 N–H and O–H groups in total. The van der Waals surface area contributed by atoms with Gasteiger partial charge in [0.1, 0.15) is 0 Å². The molecule has 1 aromatic carbocycles. The van der Waals surface area contributed by atoms with Gasteiger partial charge in [-0.15, -0.1) is 0 Å². The van der Waals surface area contributed by atoms with E-state index in [1.54, 1.807) is 0 Å². The van der Waals surface area contributed by atoms with Gasteiger partial charge in [-0.3, -0.25) is 0 Å². The van der Waals surface area contributed by atoms with Gasteiger partial charge in [-0.25, -0.2) is 0 Å². The number of nitrogens with two attached hydrogens (primary N) is 1. The van der Waals surface area contributed by atoms with Crippen molar-refractivity contribution in [2.75, 3.05) is 11.9 Å². The lowest BCUT2D eigenvalue weighted by atomic mass is 10.1. The van der Waals surface area contributed by atoms with Gasteiger partial charge in [0.05, 0.1) is 0 Å². The predicted octanol–water partition coefficient (Wildman–Crippen LogP) is 2.60. The van der Waals surface area contributed by atoms with Crippen LogP contribution in [-0.4, -0.2) is 12.1 Å². The first kappa shape index (κ1) is 10.5. The van der Waals surface area contributed by atoms with Crippen molar-refractivity contribution in [3.63, 3.8) is 0 Å². The molecule has 0 bridgehead atoms. The van der Waals surface area contributed by atoms with Crippen LogP contribution in [0.3, 0.4) is 0 Å². The van der Waals surface area contributed by atoms with E-state index in [0.717, 1.165) is 10.2 Å². The summed E-state index contributed by atoms with van der Waals surface area (Å²) < 4.78 is 1.07. The van der Waals surface area contributed by atoms with Crippen LogP contribution in [0, 0.1) is 0 Å². The third-order valence-electron chi connectivity index (χ3n) is 1.82. The van der Waals surface area contributed by atoms with Gasteiger partial charge < -0.3 is 11.1 Å². The molecule has 0 fully saturated rings. The number of benzene rings is 1. The Morgan fingerprint density at radius 3 is 2.69 bits per heavy atom. The molecule has 0 aliphatic heterocycles. The molecule has 0 saturated heterocycles. The summed E-state index contributed by atoms with van der Waals surface area (Å²) in [6.07, 6.45) is 0. The minimum Gasteiger partial charge on any atom is -0.379 e. The molecule has 72 valence electrons. The molecule has 0 saturated carbocycles. The van der Waals surface area contributed by atoms with Crippen LogP contribution in [0.5, 0.6) is 0 Å². The lowest BCUT2D eigenvalue weighted by Crippen LogP contribution is -2.39. The molecule has 13 heavy (non-hydrogen) atoms. The van der Waals surface area contributed by atoms with Crippen molar-refractivity contribution in [3.8, 4) is 0 Å². The molecule has 0 spiro atoms. The Kier molecular flexibility index (Phi) is 3.33. The molecule has 0 atom stereocenters. The molecule has 0 radical (unpaired) electrons. The number of nitrogens with one attached hydrogen (secondary N) is 1. The lowest BCUT2D eigenvalue weighted by Gasteiger charge is -2.25. The Hall–Kier alpha value is -0.540. The SMILES string of the molecule is CC(C)(CN)Nc1cccc(Br)c1. The Balaban J connectivity index is 2.74. The Morgan fingerprint density at radius 2 is 2.15 bits per heavy atom. The zero-order valence-corrected chi connectivity index (χ0v) is 9.56. The van der Waals surface area contributed by atoms with Gasteiger partial charge in [0.2, 0.25) is 0 Å². The van der Waals surface area contributed by atoms with Crippen molar-refractivity contribution < 1.29 is 0 Å². The molecule has 0 heterocycles. The molecule has 0 amide bonds. The third-order valence-corrected chi connectivity index (χ3v) is 2.31. The lowest BCUT2D eigenvalue weighted by molar-refractivity contribution is 0.580. The van der Waals surface area contributed by atoms with Crippen molar-refractivity contribution in [1.29, 1.82) is 0 Å². The van der Waals surface area contributed by atoms with Crippen LogP contribution in [0.25, 0.3) is 0 Å². The maximum absolute atomic E-state index is 5.62. The predicted molar refractivity (Wildman–Crippen MR) is 60.9 cm³/mol. The summed E-state index contributed by atoms with van der Waals surface area (Å²) in [6, 6.07) is 8.07. The van der Waals surface area contributed by atoms with Crippen LogP contribution in [0.4, 0.5) is 5.69 Å². The highest BCUT2D eigenvalue weighted by molar-refractivity contribution is 9.10. The van der Waals surface area contributed by atoms with E-state index in [-0.39, 0.29) is 5.54 Å². The van der Waals surface area contributed by atoms with E-state index in [4.69, 9.17) is 5.73 Å². The van der Waals surface area contributed by atoms with E-state index in [1.165, 1.54) is 0 Å². The van der Waals surface area contributed by atoms with E-state index in [2.05, 4.69) is 35.1 Å². The minimum absolute atomic E-state index is 0.0548. The summed E-state index contributed by atoms with van der Waals surface area (Å²) in [5, 5.41) is 3.35. The van der Waals surface area contributed by atoms with E-state index < -0.39 is 0 Å². The van der Waals surface area contributed by atoms with Crippen molar-refractivity contribution in [1.82, 2.24) is 0 Å².